The zero-order valence-electron chi connectivity index (χ0n) is 9.80. The van der Waals surface area contributed by atoms with Gasteiger partial charge in [-0.25, -0.2) is 0 Å². The van der Waals surface area contributed by atoms with E-state index in [0.717, 1.165) is 13.2 Å². The zero-order chi connectivity index (χ0) is 10.5. The Morgan fingerprint density at radius 1 is 1.33 bits per heavy atom. The fourth-order valence-electron chi connectivity index (χ4n) is 2.51. The van der Waals surface area contributed by atoms with Gasteiger partial charge in [0.25, 0.3) is 0 Å². The molecule has 1 aliphatic carbocycles. The highest BCUT2D eigenvalue weighted by molar-refractivity contribution is 4.87. The number of hydrogen-bond donors (Lipinski definition) is 2. The summed E-state index contributed by atoms with van der Waals surface area (Å²) in [5.74, 6) is 0. The van der Waals surface area contributed by atoms with Gasteiger partial charge in [-0.2, -0.15) is 0 Å². The molecule has 1 atom stereocenters. The molecule has 2 rings (SSSR count). The molecule has 0 aromatic rings. The Hall–Kier alpha value is -0.120. The van der Waals surface area contributed by atoms with Gasteiger partial charge in [-0.15, -0.1) is 0 Å². The SMILES string of the molecule is CCOC1CC(NCC2CCCCN2)C1. The number of ether oxygens (including phenoxy) is 1. The summed E-state index contributed by atoms with van der Waals surface area (Å²) in [6.45, 7) is 5.29. The topological polar surface area (TPSA) is 33.3 Å². The van der Waals surface area contributed by atoms with Gasteiger partial charge in [0.15, 0.2) is 0 Å². The van der Waals surface area contributed by atoms with Gasteiger partial charge in [0.1, 0.15) is 0 Å². The van der Waals surface area contributed by atoms with Crippen molar-refractivity contribution >= 4 is 0 Å². The summed E-state index contributed by atoms with van der Waals surface area (Å²) in [5.41, 5.74) is 0. The van der Waals surface area contributed by atoms with Gasteiger partial charge in [-0.1, -0.05) is 6.42 Å². The van der Waals surface area contributed by atoms with Gasteiger partial charge < -0.3 is 15.4 Å². The molecule has 0 aromatic carbocycles. The monoisotopic (exact) mass is 212 g/mol. The van der Waals surface area contributed by atoms with Gasteiger partial charge in [0.05, 0.1) is 6.10 Å². The predicted octanol–water partition coefficient (Wildman–Crippen LogP) is 1.29. The van der Waals surface area contributed by atoms with Crippen molar-refractivity contribution in [3.05, 3.63) is 0 Å². The number of nitrogens with one attached hydrogen (secondary N) is 2. The molecule has 1 saturated heterocycles. The third-order valence-electron chi connectivity index (χ3n) is 3.56. The Kier molecular flexibility index (Phi) is 4.42. The van der Waals surface area contributed by atoms with E-state index in [4.69, 9.17) is 4.74 Å². The van der Waals surface area contributed by atoms with Crippen LogP contribution in [-0.4, -0.2) is 37.9 Å². The Labute approximate surface area is 93.0 Å². The van der Waals surface area contributed by atoms with E-state index in [9.17, 15) is 0 Å². The van der Waals surface area contributed by atoms with E-state index in [0.29, 0.717) is 18.2 Å². The van der Waals surface area contributed by atoms with Gasteiger partial charge in [-0.05, 0) is 39.2 Å². The van der Waals surface area contributed by atoms with Crippen LogP contribution in [0.15, 0.2) is 0 Å². The second-order valence-corrected chi connectivity index (χ2v) is 4.80. The minimum absolute atomic E-state index is 0.534. The van der Waals surface area contributed by atoms with Crippen molar-refractivity contribution in [1.82, 2.24) is 10.6 Å². The van der Waals surface area contributed by atoms with Crippen molar-refractivity contribution in [3.63, 3.8) is 0 Å². The lowest BCUT2D eigenvalue weighted by Crippen LogP contribution is -2.50. The molecule has 2 aliphatic rings. The van der Waals surface area contributed by atoms with Crippen LogP contribution in [0.25, 0.3) is 0 Å². The van der Waals surface area contributed by atoms with Crippen LogP contribution in [0, 0.1) is 0 Å². The molecular weight excluding hydrogens is 188 g/mol. The van der Waals surface area contributed by atoms with Crippen LogP contribution >= 0.6 is 0 Å². The fourth-order valence-corrected chi connectivity index (χ4v) is 2.51. The highest BCUT2D eigenvalue weighted by atomic mass is 16.5. The van der Waals surface area contributed by atoms with Crippen molar-refractivity contribution < 1.29 is 4.74 Å². The summed E-state index contributed by atoms with van der Waals surface area (Å²) in [6.07, 6.45) is 7.04. The lowest BCUT2D eigenvalue weighted by molar-refractivity contribution is -0.0103. The smallest absolute Gasteiger partial charge is 0.0604 e. The summed E-state index contributed by atoms with van der Waals surface area (Å²) >= 11 is 0. The average molecular weight is 212 g/mol. The minimum atomic E-state index is 0.534. The third kappa shape index (κ3) is 3.44. The van der Waals surface area contributed by atoms with E-state index in [2.05, 4.69) is 17.6 Å². The largest absolute Gasteiger partial charge is 0.378 e. The summed E-state index contributed by atoms with van der Waals surface area (Å²) in [7, 11) is 0. The maximum absolute atomic E-state index is 5.54. The first-order valence-corrected chi connectivity index (χ1v) is 6.47. The second kappa shape index (κ2) is 5.83. The van der Waals surface area contributed by atoms with Crippen molar-refractivity contribution in [2.45, 2.75) is 57.2 Å². The van der Waals surface area contributed by atoms with Crippen molar-refractivity contribution in [3.8, 4) is 0 Å². The number of hydrogen-bond acceptors (Lipinski definition) is 3. The molecule has 0 bridgehead atoms. The number of rotatable bonds is 5. The molecule has 1 saturated carbocycles. The molecule has 1 unspecified atom stereocenters. The van der Waals surface area contributed by atoms with Crippen LogP contribution in [0.5, 0.6) is 0 Å². The molecule has 2 fully saturated rings. The predicted molar refractivity (Wildman–Crippen MR) is 62.1 cm³/mol. The molecule has 0 radical (unpaired) electrons. The van der Waals surface area contributed by atoms with Crippen LogP contribution in [0.3, 0.4) is 0 Å². The summed E-state index contributed by atoms with van der Waals surface area (Å²) in [6, 6.07) is 1.43. The quantitative estimate of drug-likeness (QED) is 0.720. The lowest BCUT2D eigenvalue weighted by atomic mass is 9.89. The van der Waals surface area contributed by atoms with Crippen molar-refractivity contribution in [2.75, 3.05) is 19.7 Å². The molecule has 0 amide bonds. The second-order valence-electron chi connectivity index (χ2n) is 4.80. The first-order chi connectivity index (χ1) is 7.38. The molecule has 2 N–H and O–H groups in total. The molecule has 88 valence electrons. The van der Waals surface area contributed by atoms with Gasteiger partial charge >= 0.3 is 0 Å². The summed E-state index contributed by atoms with van der Waals surface area (Å²) < 4.78 is 5.54. The molecule has 15 heavy (non-hydrogen) atoms. The minimum Gasteiger partial charge on any atom is -0.378 e. The molecule has 3 heteroatoms. The molecule has 1 heterocycles. The van der Waals surface area contributed by atoms with Gasteiger partial charge in [0.2, 0.25) is 0 Å². The lowest BCUT2D eigenvalue weighted by Gasteiger charge is -2.37. The van der Waals surface area contributed by atoms with Crippen molar-refractivity contribution in [2.24, 2.45) is 0 Å². The Morgan fingerprint density at radius 2 is 2.20 bits per heavy atom. The Morgan fingerprint density at radius 3 is 2.87 bits per heavy atom. The van der Waals surface area contributed by atoms with E-state index in [1.54, 1.807) is 0 Å². The van der Waals surface area contributed by atoms with Crippen LogP contribution in [0.4, 0.5) is 0 Å². The molecule has 3 nitrogen and oxygen atoms in total. The molecule has 0 aromatic heterocycles. The van der Waals surface area contributed by atoms with Crippen LogP contribution < -0.4 is 10.6 Å². The van der Waals surface area contributed by atoms with Crippen LogP contribution in [0.1, 0.15) is 39.0 Å². The normalized spacial score (nSPS) is 36.2. The standard InChI is InChI=1S/C12H24N2O/c1-2-15-12-7-11(8-12)14-9-10-5-3-4-6-13-10/h10-14H,2-9H2,1H3. The zero-order valence-corrected chi connectivity index (χ0v) is 9.80. The molecular formula is C12H24N2O. The fraction of sp³-hybridized carbons (Fsp3) is 1.00. The van der Waals surface area contributed by atoms with E-state index in [-0.39, 0.29) is 0 Å². The highest BCUT2D eigenvalue weighted by Gasteiger charge is 2.29. The first kappa shape index (κ1) is 11.4. The molecule has 0 spiro atoms. The van der Waals surface area contributed by atoms with E-state index in [1.807, 2.05) is 0 Å². The Balaban J connectivity index is 1.52. The third-order valence-corrected chi connectivity index (χ3v) is 3.56. The van der Waals surface area contributed by atoms with Gasteiger partial charge in [0, 0.05) is 25.2 Å². The van der Waals surface area contributed by atoms with E-state index >= 15 is 0 Å². The van der Waals surface area contributed by atoms with E-state index in [1.165, 1.54) is 38.6 Å². The van der Waals surface area contributed by atoms with Gasteiger partial charge in [-0.3, -0.25) is 0 Å². The maximum Gasteiger partial charge on any atom is 0.0604 e. The van der Waals surface area contributed by atoms with Crippen LogP contribution in [-0.2, 0) is 4.74 Å². The highest BCUT2D eigenvalue weighted by Crippen LogP contribution is 2.23. The van der Waals surface area contributed by atoms with Crippen molar-refractivity contribution in [1.29, 1.82) is 0 Å². The summed E-state index contributed by atoms with van der Waals surface area (Å²) in [5, 5.41) is 7.20. The summed E-state index contributed by atoms with van der Waals surface area (Å²) in [4.78, 5) is 0. The average Bonchev–Trinajstić information content (AvgIpc) is 2.23. The van der Waals surface area contributed by atoms with Crippen LogP contribution in [0.2, 0.25) is 0 Å². The van der Waals surface area contributed by atoms with E-state index < -0.39 is 0 Å². The molecule has 1 aliphatic heterocycles. The first-order valence-electron chi connectivity index (χ1n) is 6.47. The maximum atomic E-state index is 5.54. The Bertz CT molecular complexity index is 174. The number of piperidine rings is 1.